The Bertz CT molecular complexity index is 241. The topological polar surface area (TPSA) is 52.0 Å². The van der Waals surface area contributed by atoms with Crippen molar-refractivity contribution < 1.29 is 0 Å². The first-order valence-corrected chi connectivity index (χ1v) is 4.73. The molecule has 0 bridgehead atoms. The molecule has 2 nitrogen and oxygen atoms in total. The number of hydrogen-bond donors (Lipinski definition) is 2. The number of benzene rings is 1. The molecule has 13 heavy (non-hydrogen) atoms. The third-order valence-electron chi connectivity index (χ3n) is 2.23. The van der Waals surface area contributed by atoms with Gasteiger partial charge in [-0.25, -0.2) is 0 Å². The highest BCUT2D eigenvalue weighted by Crippen LogP contribution is 2.06. The fraction of sp³-hybridized carbons (Fsp3) is 0.455. The van der Waals surface area contributed by atoms with E-state index in [2.05, 4.69) is 31.2 Å². The van der Waals surface area contributed by atoms with Crippen LogP contribution in [0.15, 0.2) is 24.3 Å². The molecule has 0 saturated heterocycles. The highest BCUT2D eigenvalue weighted by molar-refractivity contribution is 5.21. The maximum atomic E-state index is 5.73. The van der Waals surface area contributed by atoms with E-state index in [1.165, 1.54) is 11.1 Å². The minimum atomic E-state index is 0.140. The summed E-state index contributed by atoms with van der Waals surface area (Å²) in [4.78, 5) is 0. The van der Waals surface area contributed by atoms with Crippen LogP contribution in [0.4, 0.5) is 0 Å². The van der Waals surface area contributed by atoms with Gasteiger partial charge in [-0.3, -0.25) is 0 Å². The Morgan fingerprint density at radius 1 is 1.23 bits per heavy atom. The van der Waals surface area contributed by atoms with Crippen LogP contribution >= 0.6 is 0 Å². The van der Waals surface area contributed by atoms with Gasteiger partial charge in [0.1, 0.15) is 0 Å². The van der Waals surface area contributed by atoms with E-state index in [0.717, 1.165) is 12.8 Å². The van der Waals surface area contributed by atoms with Gasteiger partial charge in [0.05, 0.1) is 0 Å². The summed E-state index contributed by atoms with van der Waals surface area (Å²) in [5, 5.41) is 0. The van der Waals surface area contributed by atoms with E-state index in [4.69, 9.17) is 11.5 Å². The molecule has 0 fully saturated rings. The lowest BCUT2D eigenvalue weighted by molar-refractivity contribution is 0.622. The molecule has 0 radical (unpaired) electrons. The predicted octanol–water partition coefficient (Wildman–Crippen LogP) is 1.21. The number of aryl methyl sites for hydroxylation is 2. The Hall–Kier alpha value is -0.860. The molecule has 72 valence electrons. The van der Waals surface area contributed by atoms with Crippen LogP contribution in [0, 0.1) is 6.92 Å². The van der Waals surface area contributed by atoms with Gasteiger partial charge in [0.2, 0.25) is 0 Å². The van der Waals surface area contributed by atoms with Gasteiger partial charge < -0.3 is 11.5 Å². The van der Waals surface area contributed by atoms with Gasteiger partial charge in [0, 0.05) is 12.6 Å². The summed E-state index contributed by atoms with van der Waals surface area (Å²) in [6.45, 7) is 2.67. The van der Waals surface area contributed by atoms with Crippen LogP contribution in [0.25, 0.3) is 0 Å². The fourth-order valence-electron chi connectivity index (χ4n) is 1.22. The zero-order valence-corrected chi connectivity index (χ0v) is 8.16. The molecule has 0 aliphatic rings. The van der Waals surface area contributed by atoms with Crippen molar-refractivity contribution in [2.75, 3.05) is 6.54 Å². The first-order valence-electron chi connectivity index (χ1n) is 4.73. The van der Waals surface area contributed by atoms with E-state index >= 15 is 0 Å². The van der Waals surface area contributed by atoms with Crippen LogP contribution in [0.1, 0.15) is 17.5 Å². The van der Waals surface area contributed by atoms with Crippen molar-refractivity contribution in [2.24, 2.45) is 11.5 Å². The lowest BCUT2D eigenvalue weighted by Crippen LogP contribution is -2.29. The van der Waals surface area contributed by atoms with Crippen molar-refractivity contribution >= 4 is 0 Å². The summed E-state index contributed by atoms with van der Waals surface area (Å²) in [5.41, 5.74) is 13.8. The number of rotatable bonds is 4. The van der Waals surface area contributed by atoms with Crippen LogP contribution in [-0.2, 0) is 6.42 Å². The van der Waals surface area contributed by atoms with Gasteiger partial charge in [-0.15, -0.1) is 0 Å². The molecule has 0 heterocycles. The molecule has 2 heteroatoms. The largest absolute Gasteiger partial charge is 0.329 e. The molecule has 1 unspecified atom stereocenters. The van der Waals surface area contributed by atoms with E-state index < -0.39 is 0 Å². The fourth-order valence-corrected chi connectivity index (χ4v) is 1.22. The van der Waals surface area contributed by atoms with Crippen molar-refractivity contribution in [1.82, 2.24) is 0 Å². The predicted molar refractivity (Wildman–Crippen MR) is 56.5 cm³/mol. The molecular formula is C11H18N2. The quantitative estimate of drug-likeness (QED) is 0.728. The summed E-state index contributed by atoms with van der Waals surface area (Å²) in [7, 11) is 0. The summed E-state index contributed by atoms with van der Waals surface area (Å²) in [6, 6.07) is 8.70. The summed E-state index contributed by atoms with van der Waals surface area (Å²) in [5.74, 6) is 0. The lowest BCUT2D eigenvalue weighted by Gasteiger charge is -2.07. The second-order valence-corrected chi connectivity index (χ2v) is 3.52. The Balaban J connectivity index is 2.41. The Kier molecular flexibility index (Phi) is 3.93. The SMILES string of the molecule is Cc1ccc(CCC(N)CN)cc1. The molecule has 0 aliphatic heterocycles. The molecule has 0 amide bonds. The normalized spacial score (nSPS) is 12.8. The van der Waals surface area contributed by atoms with Crippen molar-refractivity contribution in [3.05, 3.63) is 35.4 Å². The minimum Gasteiger partial charge on any atom is -0.329 e. The van der Waals surface area contributed by atoms with Gasteiger partial charge in [-0.2, -0.15) is 0 Å². The Morgan fingerprint density at radius 3 is 2.38 bits per heavy atom. The smallest absolute Gasteiger partial charge is 0.0166 e. The van der Waals surface area contributed by atoms with Crippen molar-refractivity contribution in [3.8, 4) is 0 Å². The van der Waals surface area contributed by atoms with Crippen LogP contribution in [0.3, 0.4) is 0 Å². The lowest BCUT2D eigenvalue weighted by atomic mass is 10.0. The van der Waals surface area contributed by atoms with E-state index in [-0.39, 0.29) is 6.04 Å². The molecule has 0 aliphatic carbocycles. The Labute approximate surface area is 79.9 Å². The zero-order chi connectivity index (χ0) is 9.68. The average Bonchev–Trinajstić information content (AvgIpc) is 2.16. The zero-order valence-electron chi connectivity index (χ0n) is 8.16. The third-order valence-corrected chi connectivity index (χ3v) is 2.23. The monoisotopic (exact) mass is 178 g/mol. The minimum absolute atomic E-state index is 0.140. The standard InChI is InChI=1S/C11H18N2/c1-9-2-4-10(5-3-9)6-7-11(13)8-12/h2-5,11H,6-8,12-13H2,1H3. The highest BCUT2D eigenvalue weighted by atomic mass is 14.7. The molecule has 1 rings (SSSR count). The van der Waals surface area contributed by atoms with E-state index in [0.29, 0.717) is 6.54 Å². The van der Waals surface area contributed by atoms with E-state index in [1.54, 1.807) is 0 Å². The van der Waals surface area contributed by atoms with Crippen LogP contribution in [-0.4, -0.2) is 12.6 Å². The van der Waals surface area contributed by atoms with Gasteiger partial charge >= 0.3 is 0 Å². The van der Waals surface area contributed by atoms with Gasteiger partial charge in [-0.05, 0) is 25.3 Å². The molecule has 1 aromatic rings. The highest BCUT2D eigenvalue weighted by Gasteiger charge is 1.99. The maximum absolute atomic E-state index is 5.73. The van der Waals surface area contributed by atoms with Crippen molar-refractivity contribution in [1.29, 1.82) is 0 Å². The number of nitrogens with two attached hydrogens (primary N) is 2. The molecule has 0 spiro atoms. The molecule has 0 aromatic heterocycles. The molecule has 0 saturated carbocycles. The van der Waals surface area contributed by atoms with Crippen LogP contribution < -0.4 is 11.5 Å². The Morgan fingerprint density at radius 2 is 1.85 bits per heavy atom. The molecule has 4 N–H and O–H groups in total. The second kappa shape index (κ2) is 5.00. The van der Waals surface area contributed by atoms with Crippen molar-refractivity contribution in [3.63, 3.8) is 0 Å². The summed E-state index contributed by atoms with van der Waals surface area (Å²) >= 11 is 0. The van der Waals surface area contributed by atoms with Gasteiger partial charge in [-0.1, -0.05) is 29.8 Å². The summed E-state index contributed by atoms with van der Waals surface area (Å²) in [6.07, 6.45) is 2.00. The number of hydrogen-bond acceptors (Lipinski definition) is 2. The molecule has 1 aromatic carbocycles. The first-order chi connectivity index (χ1) is 6.22. The summed E-state index contributed by atoms with van der Waals surface area (Å²) < 4.78 is 0. The van der Waals surface area contributed by atoms with E-state index in [1.807, 2.05) is 0 Å². The van der Waals surface area contributed by atoms with Crippen LogP contribution in [0.2, 0.25) is 0 Å². The molecular weight excluding hydrogens is 160 g/mol. The van der Waals surface area contributed by atoms with Gasteiger partial charge in [0.25, 0.3) is 0 Å². The van der Waals surface area contributed by atoms with Crippen LogP contribution in [0.5, 0.6) is 0 Å². The van der Waals surface area contributed by atoms with Gasteiger partial charge in [0.15, 0.2) is 0 Å². The average molecular weight is 178 g/mol. The van der Waals surface area contributed by atoms with E-state index in [9.17, 15) is 0 Å². The maximum Gasteiger partial charge on any atom is 0.0166 e. The third kappa shape index (κ3) is 3.57. The first kappa shape index (κ1) is 10.2. The molecule has 1 atom stereocenters. The van der Waals surface area contributed by atoms with Crippen molar-refractivity contribution in [2.45, 2.75) is 25.8 Å². The second-order valence-electron chi connectivity index (χ2n) is 3.52.